The molecule has 0 aromatic carbocycles. The van der Waals surface area contributed by atoms with E-state index >= 15 is 0 Å². The van der Waals surface area contributed by atoms with Crippen molar-refractivity contribution < 1.29 is 80.2 Å². The van der Waals surface area contributed by atoms with Crippen molar-refractivity contribution in [3.63, 3.8) is 0 Å². The van der Waals surface area contributed by atoms with Crippen molar-refractivity contribution in [1.29, 1.82) is 0 Å². The Labute approximate surface area is 638 Å². The van der Waals surface area contributed by atoms with Crippen LogP contribution in [0.1, 0.15) is 452 Å². The molecule has 104 heavy (non-hydrogen) atoms. The molecular formula is C85H166O17P2. The minimum atomic E-state index is -4.97. The van der Waals surface area contributed by atoms with Crippen molar-refractivity contribution in [2.75, 3.05) is 39.6 Å². The average molecular weight is 1520 g/mol. The second kappa shape index (κ2) is 76.4. The average Bonchev–Trinajstić information content (AvgIpc) is 0.919. The largest absolute Gasteiger partial charge is 0.472 e. The van der Waals surface area contributed by atoms with E-state index in [-0.39, 0.29) is 25.7 Å². The predicted molar refractivity (Wildman–Crippen MR) is 428 cm³/mol. The molecule has 618 valence electrons. The maximum atomic E-state index is 13.1. The first kappa shape index (κ1) is 102. The lowest BCUT2D eigenvalue weighted by atomic mass is 9.99. The molecule has 6 atom stereocenters. The summed E-state index contributed by atoms with van der Waals surface area (Å²) >= 11 is 0. The molecule has 0 saturated carbocycles. The van der Waals surface area contributed by atoms with E-state index in [0.29, 0.717) is 25.7 Å². The summed E-state index contributed by atoms with van der Waals surface area (Å²) < 4.78 is 68.9. The molecule has 0 radical (unpaired) electrons. The van der Waals surface area contributed by atoms with Gasteiger partial charge >= 0.3 is 39.5 Å². The van der Waals surface area contributed by atoms with Crippen LogP contribution in [0.15, 0.2) is 0 Å². The van der Waals surface area contributed by atoms with Gasteiger partial charge in [-0.2, -0.15) is 0 Å². The zero-order valence-electron chi connectivity index (χ0n) is 68.3. The number of aliphatic hydroxyl groups excluding tert-OH is 1. The van der Waals surface area contributed by atoms with Crippen molar-refractivity contribution in [2.24, 2.45) is 11.8 Å². The van der Waals surface area contributed by atoms with Crippen LogP contribution in [-0.2, 0) is 65.4 Å². The van der Waals surface area contributed by atoms with Gasteiger partial charge in [0.2, 0.25) is 0 Å². The third kappa shape index (κ3) is 76.8. The van der Waals surface area contributed by atoms with Gasteiger partial charge in [-0.25, -0.2) is 9.13 Å². The van der Waals surface area contributed by atoms with E-state index in [0.717, 1.165) is 102 Å². The Kier molecular flexibility index (Phi) is 75.0. The fourth-order valence-corrected chi connectivity index (χ4v) is 14.8. The molecule has 0 aromatic heterocycles. The van der Waals surface area contributed by atoms with Gasteiger partial charge in [0.25, 0.3) is 0 Å². The second-order valence-electron chi connectivity index (χ2n) is 31.3. The van der Waals surface area contributed by atoms with Crippen LogP contribution in [-0.4, -0.2) is 96.7 Å². The van der Waals surface area contributed by atoms with Crippen LogP contribution in [0.3, 0.4) is 0 Å². The number of carbonyl (C=O) groups excluding carboxylic acids is 4. The zero-order valence-corrected chi connectivity index (χ0v) is 70.1. The van der Waals surface area contributed by atoms with E-state index in [1.165, 1.54) is 270 Å². The summed E-state index contributed by atoms with van der Waals surface area (Å²) in [7, 11) is -9.93. The summed E-state index contributed by atoms with van der Waals surface area (Å²) in [4.78, 5) is 73.2. The summed E-state index contributed by atoms with van der Waals surface area (Å²) in [6.07, 6.45) is 68.0. The van der Waals surface area contributed by atoms with Crippen molar-refractivity contribution in [2.45, 2.75) is 471 Å². The Bertz CT molecular complexity index is 2000. The van der Waals surface area contributed by atoms with Gasteiger partial charge in [0, 0.05) is 25.7 Å². The van der Waals surface area contributed by atoms with Crippen LogP contribution in [0.25, 0.3) is 0 Å². The SMILES string of the molecule is CCCCCCCCCCCCCCCCCCCCCCCC(=O)O[C@H](COC(=O)CCCCCCCCCCCCCCCCCC(C)C)COP(=O)(O)OC[C@@H](O)COP(=O)(O)OC[C@@H](COC(=O)CCCCCCCCCCC(C)CC)OC(=O)CCCCCCCCCCCCCCC. The fourth-order valence-electron chi connectivity index (χ4n) is 13.2. The molecule has 0 fully saturated rings. The molecular weight excluding hydrogens is 1350 g/mol. The van der Waals surface area contributed by atoms with Gasteiger partial charge in [0.1, 0.15) is 19.3 Å². The molecule has 0 rings (SSSR count). The highest BCUT2D eigenvalue weighted by atomic mass is 31.2. The molecule has 0 aliphatic heterocycles. The molecule has 3 N–H and O–H groups in total. The molecule has 0 aromatic rings. The third-order valence-electron chi connectivity index (χ3n) is 20.3. The molecule has 0 amide bonds. The number of phosphoric ester groups is 2. The summed E-state index contributed by atoms with van der Waals surface area (Å²) in [5.74, 6) is -0.519. The summed E-state index contributed by atoms with van der Waals surface area (Å²) in [5.41, 5.74) is 0. The standard InChI is InChI=1S/C85H166O17P2/c1-7-10-12-14-16-18-20-22-23-24-25-26-27-28-31-36-40-44-52-58-64-70-85(90)101-80(73-95-82(87)67-61-55-49-42-38-35-32-29-30-34-37-41-47-53-59-65-77(4)5)75-99-103(91,92)97-71-79(86)72-98-104(93,94)100-76-81(74-96-83(88)68-62-56-50-46-45-48-54-60-66-78(6)9-3)102-84(89)69-63-57-51-43-39-33-21-19-17-15-13-11-8-2/h77-81,86H,7-76H2,1-6H3,(H,91,92)(H,93,94)/t78?,79-,80-,81-/m1/s1. The van der Waals surface area contributed by atoms with Gasteiger partial charge in [0.15, 0.2) is 12.2 Å². The monoisotopic (exact) mass is 1520 g/mol. The number of phosphoric acid groups is 2. The van der Waals surface area contributed by atoms with Crippen molar-refractivity contribution in [3.8, 4) is 0 Å². The lowest BCUT2D eigenvalue weighted by molar-refractivity contribution is -0.161. The molecule has 0 saturated heterocycles. The normalized spacial score (nSPS) is 14.1. The second-order valence-corrected chi connectivity index (χ2v) is 34.2. The Morgan fingerprint density at radius 2 is 0.490 bits per heavy atom. The van der Waals surface area contributed by atoms with Gasteiger partial charge in [-0.1, -0.05) is 401 Å². The van der Waals surface area contributed by atoms with Crippen molar-refractivity contribution in [1.82, 2.24) is 0 Å². The lowest BCUT2D eigenvalue weighted by Crippen LogP contribution is -2.30. The highest BCUT2D eigenvalue weighted by molar-refractivity contribution is 7.47. The first-order valence-corrected chi connectivity index (χ1v) is 47.0. The molecule has 17 nitrogen and oxygen atoms in total. The zero-order chi connectivity index (χ0) is 76.4. The van der Waals surface area contributed by atoms with E-state index in [2.05, 4.69) is 41.5 Å². The first-order valence-electron chi connectivity index (χ1n) is 44.0. The molecule has 0 aliphatic rings. The Morgan fingerprint density at radius 1 is 0.279 bits per heavy atom. The third-order valence-corrected chi connectivity index (χ3v) is 22.2. The minimum absolute atomic E-state index is 0.107. The van der Waals surface area contributed by atoms with Crippen molar-refractivity contribution >= 4 is 39.5 Å². The van der Waals surface area contributed by atoms with Gasteiger partial charge in [-0.15, -0.1) is 0 Å². The number of unbranched alkanes of at least 4 members (excludes halogenated alkanes) is 53. The number of carbonyl (C=O) groups is 4. The van der Waals surface area contributed by atoms with Crippen molar-refractivity contribution in [3.05, 3.63) is 0 Å². The topological polar surface area (TPSA) is 237 Å². The number of rotatable bonds is 84. The lowest BCUT2D eigenvalue weighted by Gasteiger charge is -2.21. The summed E-state index contributed by atoms with van der Waals surface area (Å²) in [6, 6.07) is 0. The Hall–Kier alpha value is -1.94. The number of ether oxygens (including phenoxy) is 4. The van der Waals surface area contributed by atoms with E-state index < -0.39 is 97.5 Å². The number of aliphatic hydroxyl groups is 1. The molecule has 19 heteroatoms. The van der Waals surface area contributed by atoms with Crippen LogP contribution < -0.4 is 0 Å². The number of hydrogen-bond donors (Lipinski definition) is 3. The molecule has 0 spiro atoms. The molecule has 3 unspecified atom stereocenters. The van der Waals surface area contributed by atoms with E-state index in [4.69, 9.17) is 37.0 Å². The summed E-state index contributed by atoms with van der Waals surface area (Å²) in [6.45, 7) is 9.69. The highest BCUT2D eigenvalue weighted by Gasteiger charge is 2.30. The molecule has 0 heterocycles. The van der Waals surface area contributed by atoms with Crippen LogP contribution in [0, 0.1) is 11.8 Å². The fraction of sp³-hybridized carbons (Fsp3) is 0.953. The Morgan fingerprint density at radius 3 is 0.731 bits per heavy atom. The smallest absolute Gasteiger partial charge is 0.462 e. The van der Waals surface area contributed by atoms with Gasteiger partial charge in [-0.05, 0) is 37.5 Å². The maximum Gasteiger partial charge on any atom is 0.472 e. The van der Waals surface area contributed by atoms with Gasteiger partial charge < -0.3 is 33.8 Å². The van der Waals surface area contributed by atoms with Gasteiger partial charge in [-0.3, -0.25) is 37.3 Å². The Balaban J connectivity index is 5.24. The molecule has 0 bridgehead atoms. The summed E-state index contributed by atoms with van der Waals surface area (Å²) in [5, 5.41) is 10.7. The van der Waals surface area contributed by atoms with E-state index in [1.54, 1.807) is 0 Å². The molecule has 0 aliphatic carbocycles. The van der Waals surface area contributed by atoms with Crippen LogP contribution >= 0.6 is 15.6 Å². The predicted octanol–water partition coefficient (Wildman–Crippen LogP) is 25.8. The number of esters is 4. The maximum absolute atomic E-state index is 13.1. The quantitative estimate of drug-likeness (QED) is 0.0222. The minimum Gasteiger partial charge on any atom is -0.462 e. The van der Waals surface area contributed by atoms with E-state index in [1.807, 2.05) is 0 Å². The van der Waals surface area contributed by atoms with E-state index in [9.17, 15) is 43.2 Å². The number of hydrogen-bond acceptors (Lipinski definition) is 15. The van der Waals surface area contributed by atoms with Crippen LogP contribution in [0.2, 0.25) is 0 Å². The van der Waals surface area contributed by atoms with Crippen LogP contribution in [0.5, 0.6) is 0 Å². The first-order chi connectivity index (χ1) is 50.4. The van der Waals surface area contributed by atoms with Crippen LogP contribution in [0.4, 0.5) is 0 Å². The highest BCUT2D eigenvalue weighted by Crippen LogP contribution is 2.45. The van der Waals surface area contributed by atoms with Gasteiger partial charge in [0.05, 0.1) is 26.4 Å².